The third-order valence-corrected chi connectivity index (χ3v) is 4.68. The molecule has 0 saturated carbocycles. The van der Waals surface area contributed by atoms with E-state index in [9.17, 15) is 0 Å². The SMILES string of the molecule is CCC1CN(Cc2ccccc2Br)C(CC)CN1. The summed E-state index contributed by atoms with van der Waals surface area (Å²) >= 11 is 3.65. The van der Waals surface area contributed by atoms with Crippen LogP contribution in [-0.4, -0.2) is 30.1 Å². The fraction of sp³-hybridized carbons (Fsp3) is 0.600. The van der Waals surface area contributed by atoms with E-state index in [1.807, 2.05) is 0 Å². The number of hydrogen-bond acceptors (Lipinski definition) is 2. The summed E-state index contributed by atoms with van der Waals surface area (Å²) in [5, 5.41) is 3.65. The summed E-state index contributed by atoms with van der Waals surface area (Å²) in [6.45, 7) is 7.89. The molecule has 2 nitrogen and oxygen atoms in total. The monoisotopic (exact) mass is 310 g/mol. The van der Waals surface area contributed by atoms with Crippen LogP contribution in [0.1, 0.15) is 32.3 Å². The third kappa shape index (κ3) is 3.34. The van der Waals surface area contributed by atoms with Crippen LogP contribution in [0, 0.1) is 0 Å². The molecular weight excluding hydrogens is 288 g/mol. The van der Waals surface area contributed by atoms with Crippen LogP contribution in [0.4, 0.5) is 0 Å². The van der Waals surface area contributed by atoms with Gasteiger partial charge in [-0.25, -0.2) is 0 Å². The molecule has 2 unspecified atom stereocenters. The highest BCUT2D eigenvalue weighted by atomic mass is 79.9. The number of nitrogens with zero attached hydrogens (tertiary/aromatic N) is 1. The van der Waals surface area contributed by atoms with Gasteiger partial charge in [0.2, 0.25) is 0 Å². The fourth-order valence-electron chi connectivity index (χ4n) is 2.64. The van der Waals surface area contributed by atoms with Crippen molar-refractivity contribution in [2.24, 2.45) is 0 Å². The Hall–Kier alpha value is -0.380. The molecule has 1 aromatic rings. The van der Waals surface area contributed by atoms with Crippen LogP contribution in [0.5, 0.6) is 0 Å². The van der Waals surface area contributed by atoms with Crippen LogP contribution in [0.25, 0.3) is 0 Å². The summed E-state index contributed by atoms with van der Waals surface area (Å²) in [5.41, 5.74) is 1.40. The van der Waals surface area contributed by atoms with E-state index in [4.69, 9.17) is 0 Å². The van der Waals surface area contributed by atoms with Crippen LogP contribution >= 0.6 is 15.9 Å². The Morgan fingerprint density at radius 3 is 2.72 bits per heavy atom. The summed E-state index contributed by atoms with van der Waals surface area (Å²) in [6.07, 6.45) is 2.43. The van der Waals surface area contributed by atoms with E-state index in [0.717, 1.165) is 19.6 Å². The van der Waals surface area contributed by atoms with Gasteiger partial charge in [0.25, 0.3) is 0 Å². The van der Waals surface area contributed by atoms with E-state index >= 15 is 0 Å². The van der Waals surface area contributed by atoms with Crippen LogP contribution in [0.3, 0.4) is 0 Å². The van der Waals surface area contributed by atoms with Gasteiger partial charge in [-0.1, -0.05) is 48.0 Å². The molecule has 2 atom stereocenters. The van der Waals surface area contributed by atoms with E-state index in [0.29, 0.717) is 12.1 Å². The predicted molar refractivity (Wildman–Crippen MR) is 80.7 cm³/mol. The average molecular weight is 311 g/mol. The first-order valence-corrected chi connectivity index (χ1v) is 7.74. The molecule has 1 heterocycles. The van der Waals surface area contributed by atoms with Crippen LogP contribution < -0.4 is 5.32 Å². The predicted octanol–water partition coefficient (Wildman–Crippen LogP) is 3.41. The Bertz CT molecular complexity index is 381. The van der Waals surface area contributed by atoms with Gasteiger partial charge in [-0.2, -0.15) is 0 Å². The molecule has 18 heavy (non-hydrogen) atoms. The van der Waals surface area contributed by atoms with Gasteiger partial charge in [0, 0.05) is 36.2 Å². The summed E-state index contributed by atoms with van der Waals surface area (Å²) in [5.74, 6) is 0. The highest BCUT2D eigenvalue weighted by Gasteiger charge is 2.25. The van der Waals surface area contributed by atoms with Gasteiger partial charge in [0.1, 0.15) is 0 Å². The zero-order chi connectivity index (χ0) is 13.0. The molecule has 0 bridgehead atoms. The van der Waals surface area contributed by atoms with Crippen molar-refractivity contribution >= 4 is 15.9 Å². The van der Waals surface area contributed by atoms with E-state index in [-0.39, 0.29) is 0 Å². The lowest BCUT2D eigenvalue weighted by molar-refractivity contribution is 0.117. The topological polar surface area (TPSA) is 15.3 Å². The highest BCUT2D eigenvalue weighted by Crippen LogP contribution is 2.21. The van der Waals surface area contributed by atoms with Gasteiger partial charge in [0.05, 0.1) is 0 Å². The normalized spacial score (nSPS) is 25.3. The number of rotatable bonds is 4. The zero-order valence-corrected chi connectivity index (χ0v) is 12.9. The molecule has 1 saturated heterocycles. The maximum absolute atomic E-state index is 3.65. The zero-order valence-electron chi connectivity index (χ0n) is 11.3. The van der Waals surface area contributed by atoms with Crippen molar-refractivity contribution in [1.29, 1.82) is 0 Å². The first kappa shape index (κ1) is 14.0. The Labute approximate surface area is 119 Å². The molecule has 0 spiro atoms. The number of piperazine rings is 1. The van der Waals surface area contributed by atoms with Crippen molar-refractivity contribution in [2.45, 2.75) is 45.3 Å². The molecule has 3 heteroatoms. The molecule has 1 fully saturated rings. The van der Waals surface area contributed by atoms with Gasteiger partial charge < -0.3 is 5.32 Å². The molecule has 1 N–H and O–H groups in total. The number of benzene rings is 1. The maximum atomic E-state index is 3.65. The smallest absolute Gasteiger partial charge is 0.0249 e. The maximum Gasteiger partial charge on any atom is 0.0249 e. The van der Waals surface area contributed by atoms with Gasteiger partial charge in [0.15, 0.2) is 0 Å². The first-order chi connectivity index (χ1) is 8.74. The second-order valence-electron chi connectivity index (χ2n) is 5.10. The molecular formula is C15H23BrN2. The largest absolute Gasteiger partial charge is 0.311 e. The molecule has 0 aliphatic carbocycles. The summed E-state index contributed by atoms with van der Waals surface area (Å²) in [6, 6.07) is 9.88. The summed E-state index contributed by atoms with van der Waals surface area (Å²) in [7, 11) is 0. The number of hydrogen-bond donors (Lipinski definition) is 1. The lowest BCUT2D eigenvalue weighted by Gasteiger charge is -2.40. The Morgan fingerprint density at radius 2 is 2.06 bits per heavy atom. The van der Waals surface area contributed by atoms with Gasteiger partial charge in [-0.3, -0.25) is 4.90 Å². The summed E-state index contributed by atoms with van der Waals surface area (Å²) in [4.78, 5) is 2.63. The molecule has 1 aromatic carbocycles. The van der Waals surface area contributed by atoms with Crippen LogP contribution in [0.15, 0.2) is 28.7 Å². The highest BCUT2D eigenvalue weighted by molar-refractivity contribution is 9.10. The van der Waals surface area contributed by atoms with Gasteiger partial charge >= 0.3 is 0 Å². The van der Waals surface area contributed by atoms with Crippen molar-refractivity contribution in [3.05, 3.63) is 34.3 Å². The van der Waals surface area contributed by atoms with E-state index in [1.165, 1.54) is 22.9 Å². The second kappa shape index (κ2) is 6.69. The Kier molecular flexibility index (Phi) is 5.22. The second-order valence-corrected chi connectivity index (χ2v) is 5.95. The van der Waals surface area contributed by atoms with Crippen molar-refractivity contribution in [3.63, 3.8) is 0 Å². The van der Waals surface area contributed by atoms with E-state index in [2.05, 4.69) is 64.3 Å². The standard InChI is InChI=1S/C15H23BrN2/c1-3-13-11-18(14(4-2)9-17-13)10-12-7-5-6-8-15(12)16/h5-8,13-14,17H,3-4,9-11H2,1-2H3. The molecule has 0 radical (unpaired) electrons. The van der Waals surface area contributed by atoms with Crippen LogP contribution in [0.2, 0.25) is 0 Å². The first-order valence-electron chi connectivity index (χ1n) is 6.95. The third-order valence-electron chi connectivity index (χ3n) is 3.91. The number of halogens is 1. The summed E-state index contributed by atoms with van der Waals surface area (Å²) < 4.78 is 1.23. The van der Waals surface area contributed by atoms with Crippen molar-refractivity contribution < 1.29 is 0 Å². The Morgan fingerprint density at radius 1 is 1.28 bits per heavy atom. The minimum absolute atomic E-state index is 0.648. The number of nitrogens with one attached hydrogen (secondary N) is 1. The lowest BCUT2D eigenvalue weighted by Crippen LogP contribution is -2.55. The van der Waals surface area contributed by atoms with Crippen LogP contribution in [-0.2, 0) is 6.54 Å². The minimum atomic E-state index is 0.648. The minimum Gasteiger partial charge on any atom is -0.311 e. The van der Waals surface area contributed by atoms with E-state index < -0.39 is 0 Å². The molecule has 2 rings (SSSR count). The molecule has 1 aliphatic rings. The fourth-order valence-corrected chi connectivity index (χ4v) is 3.05. The molecule has 100 valence electrons. The molecule has 0 aromatic heterocycles. The quantitative estimate of drug-likeness (QED) is 0.917. The Balaban J connectivity index is 2.07. The van der Waals surface area contributed by atoms with Gasteiger partial charge in [-0.15, -0.1) is 0 Å². The van der Waals surface area contributed by atoms with Crippen molar-refractivity contribution in [1.82, 2.24) is 10.2 Å². The van der Waals surface area contributed by atoms with Crippen molar-refractivity contribution in [2.75, 3.05) is 13.1 Å². The average Bonchev–Trinajstić information content (AvgIpc) is 2.41. The lowest BCUT2D eigenvalue weighted by atomic mass is 10.0. The van der Waals surface area contributed by atoms with Crippen molar-refractivity contribution in [3.8, 4) is 0 Å². The molecule has 0 amide bonds. The van der Waals surface area contributed by atoms with Gasteiger partial charge in [-0.05, 0) is 24.5 Å². The van der Waals surface area contributed by atoms with E-state index in [1.54, 1.807) is 0 Å². The molecule has 1 aliphatic heterocycles.